The molecule has 29 heavy (non-hydrogen) atoms. The van der Waals surface area contributed by atoms with Gasteiger partial charge in [0.15, 0.2) is 11.6 Å². The van der Waals surface area contributed by atoms with Crippen molar-refractivity contribution >= 4 is 23.1 Å². The first-order valence-electron chi connectivity index (χ1n) is 8.76. The highest BCUT2D eigenvalue weighted by Gasteiger charge is 2.48. The highest BCUT2D eigenvalue weighted by Crippen LogP contribution is 2.42. The number of aliphatic hydroxyl groups is 1. The third-order valence-electron chi connectivity index (χ3n) is 4.70. The van der Waals surface area contributed by atoms with Crippen molar-refractivity contribution in [2.24, 2.45) is 0 Å². The van der Waals surface area contributed by atoms with Gasteiger partial charge in [-0.15, -0.1) is 0 Å². The van der Waals surface area contributed by atoms with Gasteiger partial charge < -0.3 is 9.52 Å². The third kappa shape index (κ3) is 3.10. The second kappa shape index (κ2) is 7.01. The van der Waals surface area contributed by atoms with Crippen molar-refractivity contribution in [3.05, 3.63) is 95.0 Å². The Morgan fingerprint density at radius 3 is 2.34 bits per heavy atom. The number of carbonyl (C=O) groups excluding carboxylic acids is 2. The fraction of sp³-hybridized carbons (Fsp3) is 0.0909. The summed E-state index contributed by atoms with van der Waals surface area (Å²) in [4.78, 5) is 26.6. The molecule has 2 heterocycles. The summed E-state index contributed by atoms with van der Waals surface area (Å²) in [5.74, 6) is -3.82. The fourth-order valence-corrected chi connectivity index (χ4v) is 3.35. The van der Waals surface area contributed by atoms with Gasteiger partial charge in [0, 0.05) is 17.3 Å². The van der Waals surface area contributed by atoms with Crippen LogP contribution in [-0.2, 0) is 9.59 Å². The number of aliphatic hydroxyl groups excluding tert-OH is 1. The monoisotopic (exact) mass is 395 g/mol. The Kier molecular flexibility index (Phi) is 4.50. The smallest absolute Gasteiger partial charge is 0.300 e. The second-order valence-electron chi connectivity index (χ2n) is 6.58. The maximum atomic E-state index is 13.8. The zero-order chi connectivity index (χ0) is 20.7. The number of furan rings is 1. The second-order valence-corrected chi connectivity index (χ2v) is 6.58. The molecule has 1 amide bonds. The molecule has 1 atom stereocenters. The lowest BCUT2D eigenvalue weighted by molar-refractivity contribution is -0.132. The van der Waals surface area contributed by atoms with Crippen LogP contribution in [0.1, 0.15) is 23.1 Å². The van der Waals surface area contributed by atoms with Gasteiger partial charge in [0.05, 0.1) is 5.57 Å². The molecule has 1 fully saturated rings. The molecule has 7 heteroatoms. The van der Waals surface area contributed by atoms with Crippen molar-refractivity contribution in [1.82, 2.24) is 0 Å². The van der Waals surface area contributed by atoms with Crippen molar-refractivity contribution in [2.45, 2.75) is 13.0 Å². The molecule has 0 radical (unpaired) electrons. The number of rotatable bonds is 3. The van der Waals surface area contributed by atoms with E-state index < -0.39 is 29.4 Å². The lowest BCUT2D eigenvalue weighted by atomic mass is 9.99. The van der Waals surface area contributed by atoms with Crippen molar-refractivity contribution in [3.63, 3.8) is 0 Å². The van der Waals surface area contributed by atoms with E-state index in [4.69, 9.17) is 4.42 Å². The van der Waals surface area contributed by atoms with Crippen LogP contribution in [-0.4, -0.2) is 16.8 Å². The molecule has 0 saturated carbocycles. The van der Waals surface area contributed by atoms with Gasteiger partial charge in [0.25, 0.3) is 11.7 Å². The van der Waals surface area contributed by atoms with Crippen LogP contribution in [0.5, 0.6) is 0 Å². The fourth-order valence-electron chi connectivity index (χ4n) is 3.35. The van der Waals surface area contributed by atoms with Crippen LogP contribution < -0.4 is 4.90 Å². The van der Waals surface area contributed by atoms with Crippen molar-refractivity contribution in [2.75, 3.05) is 4.90 Å². The number of halogens is 2. The molecule has 2 aromatic carbocycles. The highest BCUT2D eigenvalue weighted by atomic mass is 19.2. The Balaban J connectivity index is 1.95. The van der Waals surface area contributed by atoms with Gasteiger partial charge in [-0.05, 0) is 31.2 Å². The number of benzene rings is 2. The third-order valence-corrected chi connectivity index (χ3v) is 4.70. The Morgan fingerprint density at radius 1 is 1.00 bits per heavy atom. The van der Waals surface area contributed by atoms with E-state index in [0.717, 1.165) is 17.0 Å². The number of carbonyl (C=O) groups is 2. The van der Waals surface area contributed by atoms with Crippen LogP contribution >= 0.6 is 0 Å². The number of nitrogens with zero attached hydrogens (tertiary/aromatic N) is 1. The van der Waals surface area contributed by atoms with Crippen LogP contribution in [0.15, 0.2) is 70.7 Å². The van der Waals surface area contributed by atoms with Crippen molar-refractivity contribution in [3.8, 4) is 0 Å². The molecular weight excluding hydrogens is 380 g/mol. The predicted octanol–water partition coefficient (Wildman–Crippen LogP) is 4.49. The molecule has 3 aromatic rings. The Hall–Kier alpha value is -3.74. The lowest BCUT2D eigenvalue weighted by Gasteiger charge is -2.23. The van der Waals surface area contributed by atoms with Crippen LogP contribution in [0.4, 0.5) is 14.5 Å². The summed E-state index contributed by atoms with van der Waals surface area (Å²) in [5, 5.41) is 10.8. The minimum atomic E-state index is -1.16. The summed E-state index contributed by atoms with van der Waals surface area (Å²) in [6.07, 6.45) is 0. The molecule has 1 N–H and O–H groups in total. The number of hydrogen-bond acceptors (Lipinski definition) is 4. The van der Waals surface area contributed by atoms with Crippen LogP contribution in [0.25, 0.3) is 5.76 Å². The van der Waals surface area contributed by atoms with E-state index in [1.54, 1.807) is 49.4 Å². The van der Waals surface area contributed by atoms with E-state index >= 15 is 0 Å². The number of aryl methyl sites for hydroxylation is 1. The van der Waals surface area contributed by atoms with Crippen LogP contribution in [0.3, 0.4) is 0 Å². The van der Waals surface area contributed by atoms with E-state index in [2.05, 4.69) is 0 Å². The molecule has 0 aliphatic carbocycles. The maximum absolute atomic E-state index is 13.8. The standard InChI is InChI=1S/C22H15F2NO4/c1-12-7-10-17(29-12)19-18(20(26)13-5-3-2-4-6-13)21(27)22(28)25(19)14-8-9-15(23)16(24)11-14/h2-11,19,26H,1H3/b20-18-. The summed E-state index contributed by atoms with van der Waals surface area (Å²) >= 11 is 0. The number of hydrogen-bond donors (Lipinski definition) is 1. The molecule has 1 aliphatic heterocycles. The van der Waals surface area contributed by atoms with Gasteiger partial charge >= 0.3 is 0 Å². The van der Waals surface area contributed by atoms with Gasteiger partial charge in [-0.25, -0.2) is 8.78 Å². The van der Waals surface area contributed by atoms with Crippen molar-refractivity contribution in [1.29, 1.82) is 0 Å². The molecule has 146 valence electrons. The molecule has 1 unspecified atom stereocenters. The number of ketones is 1. The van der Waals surface area contributed by atoms with Gasteiger partial charge in [-0.3, -0.25) is 14.5 Å². The van der Waals surface area contributed by atoms with Gasteiger partial charge in [0.1, 0.15) is 23.3 Å². The first-order chi connectivity index (χ1) is 13.9. The number of amides is 1. The van der Waals surface area contributed by atoms with Crippen LogP contribution in [0.2, 0.25) is 0 Å². The zero-order valence-corrected chi connectivity index (χ0v) is 15.2. The molecule has 0 bridgehead atoms. The SMILES string of the molecule is Cc1ccc(C2/C(=C(/O)c3ccccc3)C(=O)C(=O)N2c2ccc(F)c(F)c2)o1. The summed E-state index contributed by atoms with van der Waals surface area (Å²) in [6.45, 7) is 1.68. The van der Waals surface area contributed by atoms with E-state index in [1.807, 2.05) is 0 Å². The number of Topliss-reactive ketones (excluding diaryl/α,β-unsaturated/α-hetero) is 1. The summed E-state index contributed by atoms with van der Waals surface area (Å²) in [5.41, 5.74) is 0.113. The zero-order valence-electron chi connectivity index (χ0n) is 15.2. The molecule has 4 rings (SSSR count). The Morgan fingerprint density at radius 2 is 1.72 bits per heavy atom. The minimum absolute atomic E-state index is 0.0304. The van der Waals surface area contributed by atoms with Crippen molar-refractivity contribution < 1.29 is 27.9 Å². The van der Waals surface area contributed by atoms with E-state index in [1.165, 1.54) is 6.07 Å². The molecule has 5 nitrogen and oxygen atoms in total. The first kappa shape index (κ1) is 18.6. The Bertz CT molecular complexity index is 1150. The van der Waals surface area contributed by atoms with Crippen LogP contribution in [0, 0.1) is 18.6 Å². The maximum Gasteiger partial charge on any atom is 0.300 e. The number of anilines is 1. The van der Waals surface area contributed by atoms with Gasteiger partial charge in [-0.2, -0.15) is 0 Å². The normalized spacial score (nSPS) is 18.4. The predicted molar refractivity (Wildman–Crippen MR) is 101 cm³/mol. The molecular formula is C22H15F2NO4. The van der Waals surface area contributed by atoms with E-state index in [-0.39, 0.29) is 22.8 Å². The summed E-state index contributed by atoms with van der Waals surface area (Å²) < 4.78 is 32.9. The highest BCUT2D eigenvalue weighted by molar-refractivity contribution is 6.51. The quantitative estimate of drug-likeness (QED) is 0.403. The molecule has 1 aromatic heterocycles. The van der Waals surface area contributed by atoms with E-state index in [0.29, 0.717) is 11.3 Å². The van der Waals surface area contributed by atoms with E-state index in [9.17, 15) is 23.5 Å². The minimum Gasteiger partial charge on any atom is -0.507 e. The summed E-state index contributed by atoms with van der Waals surface area (Å²) in [7, 11) is 0. The largest absolute Gasteiger partial charge is 0.507 e. The topological polar surface area (TPSA) is 70.8 Å². The average Bonchev–Trinajstić information content (AvgIpc) is 3.25. The molecule has 0 spiro atoms. The lowest BCUT2D eigenvalue weighted by Crippen LogP contribution is -2.29. The average molecular weight is 395 g/mol. The van der Waals surface area contributed by atoms with Gasteiger partial charge in [0.2, 0.25) is 0 Å². The summed E-state index contributed by atoms with van der Waals surface area (Å²) in [6, 6.07) is 13.2. The molecule has 1 aliphatic rings. The Labute approximate surface area is 164 Å². The van der Waals surface area contributed by atoms with Gasteiger partial charge in [-0.1, -0.05) is 30.3 Å². The first-order valence-corrected chi connectivity index (χ1v) is 8.76. The molecule has 1 saturated heterocycles.